The van der Waals surface area contributed by atoms with Crippen LogP contribution in [0, 0.1) is 0 Å². The summed E-state index contributed by atoms with van der Waals surface area (Å²) < 4.78 is 0. The van der Waals surface area contributed by atoms with Crippen LogP contribution in [0.2, 0.25) is 0 Å². The van der Waals surface area contributed by atoms with Crippen molar-refractivity contribution >= 4 is 29.3 Å². The highest BCUT2D eigenvalue weighted by Gasteiger charge is 2.38. The van der Waals surface area contributed by atoms with E-state index in [1.165, 1.54) is 36.4 Å². The van der Waals surface area contributed by atoms with E-state index in [0.717, 1.165) is 4.90 Å². The number of benzene rings is 3. The first-order chi connectivity index (χ1) is 13.5. The Balaban J connectivity index is 1.77. The molecule has 2 amide bonds. The normalized spacial score (nSPS) is 12.8. The predicted octanol–water partition coefficient (Wildman–Crippen LogP) is 3.42. The topological polar surface area (TPSA) is 91.8 Å². The molecule has 0 aliphatic carbocycles. The van der Waals surface area contributed by atoms with Crippen LogP contribution in [0.3, 0.4) is 0 Å². The molecule has 0 radical (unpaired) electrons. The van der Waals surface area contributed by atoms with E-state index in [4.69, 9.17) is 0 Å². The molecule has 0 unspecified atom stereocenters. The zero-order chi connectivity index (χ0) is 19.8. The Morgan fingerprint density at radius 1 is 0.714 bits per heavy atom. The molecular weight excluding hydrogens is 358 g/mol. The summed E-state index contributed by atoms with van der Waals surface area (Å²) in [6, 6.07) is 18.7. The van der Waals surface area contributed by atoms with Crippen molar-refractivity contribution in [2.75, 3.05) is 4.90 Å². The lowest BCUT2D eigenvalue weighted by molar-refractivity contribution is 0.0697. The monoisotopic (exact) mass is 371 g/mol. The molecule has 0 bridgehead atoms. The number of carboxylic acid groups (broad SMARTS) is 1. The fourth-order valence-corrected chi connectivity index (χ4v) is 3.21. The van der Waals surface area contributed by atoms with Crippen LogP contribution in [-0.2, 0) is 0 Å². The fraction of sp³-hybridized carbons (Fsp3) is 0. The van der Waals surface area contributed by atoms with Crippen LogP contribution in [0.1, 0.15) is 47.0 Å². The van der Waals surface area contributed by atoms with Crippen molar-refractivity contribution < 1.29 is 24.3 Å². The van der Waals surface area contributed by atoms with E-state index in [1.807, 2.05) is 0 Å². The second-order valence-corrected chi connectivity index (χ2v) is 6.22. The third kappa shape index (κ3) is 2.68. The molecular formula is C22H13NO5. The Bertz CT molecular complexity index is 1150. The van der Waals surface area contributed by atoms with Crippen LogP contribution in [0.5, 0.6) is 0 Å². The summed E-state index contributed by atoms with van der Waals surface area (Å²) in [6.07, 6.45) is 0. The zero-order valence-corrected chi connectivity index (χ0v) is 14.5. The fourth-order valence-electron chi connectivity index (χ4n) is 3.21. The van der Waals surface area contributed by atoms with Gasteiger partial charge < -0.3 is 5.11 Å². The molecule has 1 heterocycles. The molecule has 4 rings (SSSR count). The second kappa shape index (κ2) is 6.59. The molecule has 1 aliphatic rings. The molecule has 0 saturated carbocycles. The van der Waals surface area contributed by atoms with Gasteiger partial charge in [-0.15, -0.1) is 0 Å². The number of nitrogens with zero attached hydrogens (tertiary/aromatic N) is 1. The lowest BCUT2D eigenvalue weighted by Crippen LogP contribution is -2.30. The third-order valence-corrected chi connectivity index (χ3v) is 4.56. The average Bonchev–Trinajstić information content (AvgIpc) is 2.97. The molecule has 0 atom stereocenters. The van der Waals surface area contributed by atoms with Gasteiger partial charge in [-0.3, -0.25) is 14.4 Å². The summed E-state index contributed by atoms with van der Waals surface area (Å²) in [5.74, 6) is -2.79. The molecule has 3 aromatic carbocycles. The highest BCUT2D eigenvalue weighted by molar-refractivity contribution is 6.35. The summed E-state index contributed by atoms with van der Waals surface area (Å²) in [5, 5.41) is 9.36. The molecule has 28 heavy (non-hydrogen) atoms. The first-order valence-corrected chi connectivity index (χ1v) is 8.44. The van der Waals surface area contributed by atoms with Crippen LogP contribution in [0.4, 0.5) is 5.69 Å². The smallest absolute Gasteiger partial charge is 0.337 e. The molecule has 3 aromatic rings. The number of amides is 2. The number of carboxylic acids is 1. The third-order valence-electron chi connectivity index (χ3n) is 4.56. The minimum absolute atomic E-state index is 0.00265. The van der Waals surface area contributed by atoms with Crippen LogP contribution in [-0.4, -0.2) is 28.7 Å². The first kappa shape index (κ1) is 17.4. The first-order valence-electron chi connectivity index (χ1n) is 8.44. The number of anilines is 1. The Labute approximate surface area is 159 Å². The van der Waals surface area contributed by atoms with Crippen molar-refractivity contribution in [1.29, 1.82) is 0 Å². The molecule has 1 N–H and O–H groups in total. The van der Waals surface area contributed by atoms with E-state index in [-0.39, 0.29) is 33.7 Å². The van der Waals surface area contributed by atoms with Gasteiger partial charge in [-0.2, -0.15) is 0 Å². The van der Waals surface area contributed by atoms with E-state index in [2.05, 4.69) is 0 Å². The number of para-hydroxylation sites is 1. The van der Waals surface area contributed by atoms with Crippen molar-refractivity contribution in [2.45, 2.75) is 0 Å². The van der Waals surface area contributed by atoms with Crippen molar-refractivity contribution in [2.24, 2.45) is 0 Å². The quantitative estimate of drug-likeness (QED) is 0.560. The molecule has 0 aromatic heterocycles. The number of rotatable bonds is 4. The number of carbonyl (C=O) groups is 4. The van der Waals surface area contributed by atoms with Gasteiger partial charge in [0, 0.05) is 11.1 Å². The molecule has 0 fully saturated rings. The van der Waals surface area contributed by atoms with Gasteiger partial charge in [-0.25, -0.2) is 9.69 Å². The van der Waals surface area contributed by atoms with Crippen LogP contribution in [0.25, 0.3) is 0 Å². The average molecular weight is 371 g/mol. The van der Waals surface area contributed by atoms with Gasteiger partial charge in [0.2, 0.25) is 0 Å². The second-order valence-electron chi connectivity index (χ2n) is 6.22. The Morgan fingerprint density at radius 3 is 2.07 bits per heavy atom. The SMILES string of the molecule is O=C(c1ccccc1)c1ccc2c(c1)C(=O)N(c1ccccc1C(=O)O)C2=O. The Hall–Kier alpha value is -4.06. The van der Waals surface area contributed by atoms with Gasteiger partial charge >= 0.3 is 5.97 Å². The maximum Gasteiger partial charge on any atom is 0.337 e. The molecule has 0 saturated heterocycles. The zero-order valence-electron chi connectivity index (χ0n) is 14.5. The standard InChI is InChI=1S/C22H13NO5/c24-19(13-6-2-1-3-7-13)14-10-11-15-17(12-14)21(26)23(20(15)25)18-9-5-4-8-16(18)22(27)28/h1-12H,(H,27,28). The lowest BCUT2D eigenvalue weighted by atomic mass is 9.99. The number of ketones is 1. The highest BCUT2D eigenvalue weighted by atomic mass is 16.4. The summed E-state index contributed by atoms with van der Waals surface area (Å²) in [4.78, 5) is 50.6. The van der Waals surface area contributed by atoms with Crippen molar-refractivity contribution in [1.82, 2.24) is 0 Å². The van der Waals surface area contributed by atoms with Crippen molar-refractivity contribution in [3.8, 4) is 0 Å². The molecule has 1 aliphatic heterocycles. The number of imide groups is 1. The van der Waals surface area contributed by atoms with E-state index >= 15 is 0 Å². The predicted molar refractivity (Wildman–Crippen MR) is 101 cm³/mol. The Morgan fingerprint density at radius 2 is 1.36 bits per heavy atom. The number of hydrogen-bond acceptors (Lipinski definition) is 4. The largest absolute Gasteiger partial charge is 0.478 e. The van der Waals surface area contributed by atoms with Gasteiger partial charge in [0.05, 0.1) is 22.4 Å². The number of aromatic carboxylic acids is 1. The number of carbonyl (C=O) groups excluding carboxylic acids is 3. The minimum atomic E-state index is -1.24. The van der Waals surface area contributed by atoms with Gasteiger partial charge in [0.25, 0.3) is 11.8 Å². The number of fused-ring (bicyclic) bond motifs is 1. The summed E-state index contributed by atoms with van der Waals surface area (Å²) in [5.41, 5.74) is 0.795. The van der Waals surface area contributed by atoms with Crippen LogP contribution in [0.15, 0.2) is 72.8 Å². The lowest BCUT2D eigenvalue weighted by Gasteiger charge is -2.16. The molecule has 6 heteroatoms. The summed E-state index contributed by atoms with van der Waals surface area (Å²) in [6.45, 7) is 0. The van der Waals surface area contributed by atoms with Gasteiger partial charge in [0.1, 0.15) is 0 Å². The molecule has 136 valence electrons. The van der Waals surface area contributed by atoms with E-state index in [0.29, 0.717) is 5.56 Å². The van der Waals surface area contributed by atoms with Crippen LogP contribution >= 0.6 is 0 Å². The van der Waals surface area contributed by atoms with Crippen molar-refractivity contribution in [3.63, 3.8) is 0 Å². The van der Waals surface area contributed by atoms with Crippen molar-refractivity contribution in [3.05, 3.63) is 101 Å². The van der Waals surface area contributed by atoms with E-state index < -0.39 is 17.8 Å². The van der Waals surface area contributed by atoms with Gasteiger partial charge in [0.15, 0.2) is 5.78 Å². The highest BCUT2D eigenvalue weighted by Crippen LogP contribution is 2.31. The maximum absolute atomic E-state index is 12.9. The maximum atomic E-state index is 12.9. The molecule has 0 spiro atoms. The summed E-state index contributed by atoms with van der Waals surface area (Å²) in [7, 11) is 0. The number of hydrogen-bond donors (Lipinski definition) is 1. The van der Waals surface area contributed by atoms with E-state index in [9.17, 15) is 24.3 Å². The van der Waals surface area contributed by atoms with Gasteiger partial charge in [-0.05, 0) is 24.3 Å². The van der Waals surface area contributed by atoms with E-state index in [1.54, 1.807) is 36.4 Å². The van der Waals surface area contributed by atoms with Crippen LogP contribution < -0.4 is 4.90 Å². The summed E-state index contributed by atoms with van der Waals surface area (Å²) >= 11 is 0. The minimum Gasteiger partial charge on any atom is -0.478 e. The Kier molecular flexibility index (Phi) is 4.08. The molecule has 6 nitrogen and oxygen atoms in total. The van der Waals surface area contributed by atoms with Gasteiger partial charge in [-0.1, -0.05) is 48.5 Å².